The van der Waals surface area contributed by atoms with Gasteiger partial charge in [0.2, 0.25) is 0 Å². The van der Waals surface area contributed by atoms with E-state index in [0.29, 0.717) is 19.8 Å². The normalized spacial score (nSPS) is 12.1. The molecule has 0 aliphatic carbocycles. The van der Waals surface area contributed by atoms with Crippen LogP contribution in [0, 0.1) is 6.92 Å². The lowest BCUT2D eigenvalue weighted by Gasteiger charge is -2.20. The predicted octanol–water partition coefficient (Wildman–Crippen LogP) is 4.73. The van der Waals surface area contributed by atoms with Gasteiger partial charge in [0.25, 0.3) is 0 Å². The number of guanidine groups is 1. The van der Waals surface area contributed by atoms with Crippen molar-refractivity contribution in [2.45, 2.75) is 47.1 Å². The maximum absolute atomic E-state index is 5.74. The Balaban J connectivity index is 0.00000420. The molecule has 29 heavy (non-hydrogen) atoms. The summed E-state index contributed by atoms with van der Waals surface area (Å²) in [4.78, 5) is 9.19. The van der Waals surface area contributed by atoms with E-state index in [0.717, 1.165) is 46.7 Å². The number of thiazole rings is 1. The highest BCUT2D eigenvalue weighted by atomic mass is 127. The van der Waals surface area contributed by atoms with Crippen LogP contribution in [0.2, 0.25) is 0 Å². The Hall–Kier alpha value is -1.55. The van der Waals surface area contributed by atoms with Crippen LogP contribution < -0.4 is 20.1 Å². The second kappa shape index (κ2) is 13.6. The summed E-state index contributed by atoms with van der Waals surface area (Å²) in [6, 6.07) is 6.14. The molecule has 0 fully saturated rings. The minimum atomic E-state index is 0. The minimum absolute atomic E-state index is 0. The average molecular weight is 532 g/mol. The van der Waals surface area contributed by atoms with Crippen LogP contribution in [0.3, 0.4) is 0 Å². The van der Waals surface area contributed by atoms with Crippen LogP contribution in [0.1, 0.15) is 50.0 Å². The van der Waals surface area contributed by atoms with Crippen LogP contribution in [0.25, 0.3) is 0 Å². The highest BCUT2D eigenvalue weighted by Crippen LogP contribution is 2.30. The van der Waals surface area contributed by atoms with Crippen LogP contribution in [0.4, 0.5) is 0 Å². The zero-order chi connectivity index (χ0) is 20.4. The Morgan fingerprint density at radius 2 is 1.90 bits per heavy atom. The Kier molecular flexibility index (Phi) is 12.0. The van der Waals surface area contributed by atoms with Gasteiger partial charge < -0.3 is 20.1 Å². The molecule has 2 aromatic rings. The molecule has 2 rings (SSSR count). The summed E-state index contributed by atoms with van der Waals surface area (Å²) in [7, 11) is 0. The lowest BCUT2D eigenvalue weighted by molar-refractivity contribution is 0.287. The summed E-state index contributed by atoms with van der Waals surface area (Å²) in [5.74, 6) is 2.35. The van der Waals surface area contributed by atoms with Gasteiger partial charge in [-0.2, -0.15) is 0 Å². The monoisotopic (exact) mass is 532 g/mol. The van der Waals surface area contributed by atoms with E-state index < -0.39 is 0 Å². The smallest absolute Gasteiger partial charge is 0.191 e. The molecule has 0 bridgehead atoms. The number of ether oxygens (including phenoxy) is 2. The molecular weight excluding hydrogens is 499 g/mol. The Morgan fingerprint density at radius 3 is 2.52 bits per heavy atom. The van der Waals surface area contributed by atoms with Gasteiger partial charge in [-0.1, -0.05) is 6.07 Å². The van der Waals surface area contributed by atoms with E-state index in [9.17, 15) is 0 Å². The third-order valence-electron chi connectivity index (χ3n) is 4.07. The number of halogens is 1. The van der Waals surface area contributed by atoms with Crippen molar-refractivity contribution < 1.29 is 9.47 Å². The maximum Gasteiger partial charge on any atom is 0.191 e. The van der Waals surface area contributed by atoms with Crippen molar-refractivity contribution in [1.29, 1.82) is 0 Å². The van der Waals surface area contributed by atoms with Crippen LogP contribution in [0.5, 0.6) is 11.5 Å². The average Bonchev–Trinajstić information content (AvgIpc) is 3.08. The molecule has 1 aromatic carbocycles. The molecule has 0 saturated heterocycles. The molecule has 0 spiro atoms. The molecule has 0 radical (unpaired) electrons. The van der Waals surface area contributed by atoms with Gasteiger partial charge in [0.1, 0.15) is 0 Å². The fourth-order valence-electron chi connectivity index (χ4n) is 2.75. The van der Waals surface area contributed by atoms with Gasteiger partial charge in [0.05, 0.1) is 30.0 Å². The number of aromatic nitrogens is 1. The third kappa shape index (κ3) is 8.38. The molecule has 1 atom stereocenters. The van der Waals surface area contributed by atoms with Crippen LogP contribution in [-0.4, -0.2) is 37.2 Å². The molecule has 0 aliphatic rings. The van der Waals surface area contributed by atoms with Crippen molar-refractivity contribution in [3.05, 3.63) is 39.8 Å². The van der Waals surface area contributed by atoms with Crippen LogP contribution in [0.15, 0.2) is 28.6 Å². The van der Waals surface area contributed by atoms with Gasteiger partial charge in [0, 0.05) is 24.9 Å². The number of hydrogen-bond donors (Lipinski definition) is 2. The van der Waals surface area contributed by atoms with Gasteiger partial charge >= 0.3 is 0 Å². The Morgan fingerprint density at radius 1 is 1.17 bits per heavy atom. The lowest BCUT2D eigenvalue weighted by atomic mass is 10.1. The first kappa shape index (κ1) is 25.5. The fraction of sp³-hybridized carbons (Fsp3) is 0.524. The predicted molar refractivity (Wildman–Crippen MR) is 132 cm³/mol. The SMILES string of the molecule is CCNC(=NCCc1csc(C)n1)NC(C)c1ccc(OCC)c(OCC)c1.I. The second-order valence-corrected chi connectivity index (χ2v) is 7.37. The van der Waals surface area contributed by atoms with Gasteiger partial charge in [0.15, 0.2) is 17.5 Å². The van der Waals surface area contributed by atoms with Gasteiger partial charge in [-0.25, -0.2) is 4.98 Å². The molecule has 0 amide bonds. The first-order valence-corrected chi connectivity index (χ1v) is 10.8. The first-order chi connectivity index (χ1) is 13.6. The number of nitrogens with zero attached hydrogens (tertiary/aromatic N) is 2. The molecule has 0 saturated carbocycles. The highest BCUT2D eigenvalue weighted by molar-refractivity contribution is 14.0. The van der Waals surface area contributed by atoms with Gasteiger partial charge in [-0.05, 0) is 52.3 Å². The molecule has 8 heteroatoms. The summed E-state index contributed by atoms with van der Waals surface area (Å²) >= 11 is 1.68. The van der Waals surface area contributed by atoms with Crippen molar-refractivity contribution >= 4 is 41.3 Å². The number of aryl methyl sites for hydroxylation is 1. The van der Waals surface area contributed by atoms with Crippen LogP contribution >= 0.6 is 35.3 Å². The number of hydrogen-bond acceptors (Lipinski definition) is 5. The molecule has 6 nitrogen and oxygen atoms in total. The molecule has 162 valence electrons. The number of benzene rings is 1. The maximum atomic E-state index is 5.74. The summed E-state index contributed by atoms with van der Waals surface area (Å²) in [5, 5.41) is 9.98. The van der Waals surface area contributed by atoms with Crippen molar-refractivity contribution in [2.75, 3.05) is 26.3 Å². The van der Waals surface area contributed by atoms with Crippen LogP contribution in [-0.2, 0) is 6.42 Å². The van der Waals surface area contributed by atoms with Crippen molar-refractivity contribution in [3.8, 4) is 11.5 Å². The summed E-state index contributed by atoms with van der Waals surface area (Å²) in [5.41, 5.74) is 2.22. The first-order valence-electron chi connectivity index (χ1n) is 9.92. The number of aliphatic imine (C=N–C) groups is 1. The standard InChI is InChI=1S/C21H32N4O2S.HI/c1-6-22-21(23-12-11-18-14-28-16(5)25-18)24-15(4)17-9-10-19(26-7-2)20(13-17)27-8-3;/h9-10,13-15H,6-8,11-12H2,1-5H3,(H2,22,23,24);1H. The summed E-state index contributed by atoms with van der Waals surface area (Å²) in [6.07, 6.45) is 0.840. The van der Waals surface area contributed by atoms with Crippen molar-refractivity contribution in [3.63, 3.8) is 0 Å². The highest BCUT2D eigenvalue weighted by Gasteiger charge is 2.12. The zero-order valence-electron chi connectivity index (χ0n) is 17.9. The second-order valence-electron chi connectivity index (χ2n) is 6.31. The largest absolute Gasteiger partial charge is 0.490 e. The Bertz CT molecular complexity index is 767. The quantitative estimate of drug-likeness (QED) is 0.263. The molecule has 2 N–H and O–H groups in total. The summed E-state index contributed by atoms with van der Waals surface area (Å²) in [6.45, 7) is 12.9. The third-order valence-corrected chi connectivity index (χ3v) is 4.89. The van der Waals surface area contributed by atoms with Crippen molar-refractivity contribution in [2.24, 2.45) is 4.99 Å². The van der Waals surface area contributed by atoms with E-state index in [4.69, 9.17) is 14.5 Å². The van der Waals surface area contributed by atoms with Gasteiger partial charge in [-0.15, -0.1) is 35.3 Å². The summed E-state index contributed by atoms with van der Waals surface area (Å²) < 4.78 is 11.4. The fourth-order valence-corrected chi connectivity index (χ4v) is 3.40. The topological polar surface area (TPSA) is 67.8 Å². The van der Waals surface area contributed by atoms with E-state index in [-0.39, 0.29) is 30.0 Å². The zero-order valence-corrected chi connectivity index (χ0v) is 21.1. The number of nitrogens with one attached hydrogen (secondary N) is 2. The Labute approximate surface area is 195 Å². The van der Waals surface area contributed by atoms with E-state index >= 15 is 0 Å². The number of rotatable bonds is 10. The van der Waals surface area contributed by atoms with E-state index in [2.05, 4.69) is 40.9 Å². The molecule has 0 aliphatic heterocycles. The molecule has 1 unspecified atom stereocenters. The van der Waals surface area contributed by atoms with E-state index in [1.807, 2.05) is 32.9 Å². The van der Waals surface area contributed by atoms with Gasteiger partial charge in [-0.3, -0.25) is 4.99 Å². The lowest BCUT2D eigenvalue weighted by Crippen LogP contribution is -2.38. The minimum Gasteiger partial charge on any atom is -0.490 e. The molecule has 1 aromatic heterocycles. The van der Waals surface area contributed by atoms with E-state index in [1.165, 1.54) is 0 Å². The molecule has 1 heterocycles. The molecular formula is C21H33IN4O2S. The van der Waals surface area contributed by atoms with Crippen molar-refractivity contribution in [1.82, 2.24) is 15.6 Å². The van der Waals surface area contributed by atoms with E-state index in [1.54, 1.807) is 11.3 Å².